The molecule has 3 atom stereocenters. The molecule has 0 aromatic heterocycles. The highest BCUT2D eigenvalue weighted by molar-refractivity contribution is 7.98. The van der Waals surface area contributed by atoms with Crippen molar-refractivity contribution >= 4 is 23.8 Å². The Kier molecular flexibility index (Phi) is 5.74. The van der Waals surface area contributed by atoms with E-state index in [2.05, 4.69) is 5.32 Å². The van der Waals surface area contributed by atoms with Gasteiger partial charge in [-0.25, -0.2) is 9.59 Å². The minimum absolute atomic E-state index is 0.00265. The van der Waals surface area contributed by atoms with E-state index in [1.54, 1.807) is 11.8 Å². The van der Waals surface area contributed by atoms with Gasteiger partial charge >= 0.3 is 12.0 Å². The molecule has 0 aromatic carbocycles. The first-order chi connectivity index (χ1) is 8.45. The van der Waals surface area contributed by atoms with Crippen molar-refractivity contribution in [3.05, 3.63) is 0 Å². The molecule has 0 saturated carbocycles. The molecule has 0 bridgehead atoms. The summed E-state index contributed by atoms with van der Waals surface area (Å²) in [7, 11) is 0. The van der Waals surface area contributed by atoms with Crippen LogP contribution in [0.15, 0.2) is 0 Å². The third kappa shape index (κ3) is 4.06. The zero-order valence-corrected chi connectivity index (χ0v) is 11.4. The van der Waals surface area contributed by atoms with Gasteiger partial charge < -0.3 is 20.4 Å². The summed E-state index contributed by atoms with van der Waals surface area (Å²) in [6.07, 6.45) is 2.17. The van der Waals surface area contributed by atoms with Crippen LogP contribution < -0.4 is 5.32 Å². The van der Waals surface area contributed by atoms with Gasteiger partial charge in [0.25, 0.3) is 0 Å². The number of aliphatic hydroxyl groups excluding tert-OH is 1. The predicted molar refractivity (Wildman–Crippen MR) is 69.7 cm³/mol. The first-order valence-electron chi connectivity index (χ1n) is 5.92. The van der Waals surface area contributed by atoms with Crippen molar-refractivity contribution in [2.45, 2.75) is 38.0 Å². The summed E-state index contributed by atoms with van der Waals surface area (Å²) in [6, 6.07) is -1.34. The smallest absolute Gasteiger partial charge is 0.326 e. The minimum Gasteiger partial charge on any atom is -0.480 e. The molecule has 0 radical (unpaired) electrons. The van der Waals surface area contributed by atoms with Crippen molar-refractivity contribution in [3.63, 3.8) is 0 Å². The minimum atomic E-state index is -1.07. The van der Waals surface area contributed by atoms with Crippen LogP contribution in [0.25, 0.3) is 0 Å². The molecule has 1 heterocycles. The number of urea groups is 1. The highest BCUT2D eigenvalue weighted by Gasteiger charge is 2.39. The maximum atomic E-state index is 11.9. The number of carboxylic acids is 1. The molecule has 0 spiro atoms. The number of carboxylic acid groups (broad SMARTS) is 1. The molecular weight excluding hydrogens is 256 g/mol. The van der Waals surface area contributed by atoms with Gasteiger partial charge in [-0.2, -0.15) is 11.8 Å². The van der Waals surface area contributed by atoms with Gasteiger partial charge in [0, 0.05) is 19.0 Å². The molecule has 6 nitrogen and oxygen atoms in total. The van der Waals surface area contributed by atoms with Crippen LogP contribution in [0, 0.1) is 0 Å². The van der Waals surface area contributed by atoms with E-state index in [1.807, 2.05) is 13.2 Å². The molecule has 1 fully saturated rings. The molecule has 1 unspecified atom stereocenters. The first-order valence-corrected chi connectivity index (χ1v) is 7.32. The van der Waals surface area contributed by atoms with Crippen LogP contribution in [-0.2, 0) is 4.79 Å². The number of β-amino-alcohol motifs (C(OH)–C–C–N with tert-alkyl or cyclic N) is 1. The van der Waals surface area contributed by atoms with E-state index >= 15 is 0 Å². The van der Waals surface area contributed by atoms with Crippen LogP contribution in [0.4, 0.5) is 4.79 Å². The number of thioether (sulfide) groups is 1. The second-order valence-electron chi connectivity index (χ2n) is 4.53. The highest BCUT2D eigenvalue weighted by Crippen LogP contribution is 2.18. The van der Waals surface area contributed by atoms with E-state index in [9.17, 15) is 14.7 Å². The Morgan fingerprint density at radius 2 is 2.22 bits per heavy atom. The standard InChI is InChI=1S/C11H20N2O4S/c1-7(3-4-18-2)12-11(17)13-6-8(14)5-9(13)10(15)16/h7-9,14H,3-6H2,1-2H3,(H,12,17)(H,15,16)/t7?,8-,9-/m1/s1. The number of carbonyl (C=O) groups is 2. The van der Waals surface area contributed by atoms with Gasteiger partial charge in [0.15, 0.2) is 0 Å². The van der Waals surface area contributed by atoms with Crippen molar-refractivity contribution in [1.82, 2.24) is 10.2 Å². The summed E-state index contributed by atoms with van der Waals surface area (Å²) < 4.78 is 0. The number of nitrogens with zero attached hydrogens (tertiary/aromatic N) is 1. The lowest BCUT2D eigenvalue weighted by molar-refractivity contribution is -0.141. The van der Waals surface area contributed by atoms with E-state index < -0.39 is 24.1 Å². The fourth-order valence-electron chi connectivity index (χ4n) is 1.93. The number of hydrogen-bond donors (Lipinski definition) is 3. The number of nitrogens with one attached hydrogen (secondary N) is 1. The summed E-state index contributed by atoms with van der Waals surface area (Å²) in [5.74, 6) is -0.134. The maximum Gasteiger partial charge on any atom is 0.326 e. The van der Waals surface area contributed by atoms with E-state index in [4.69, 9.17) is 5.11 Å². The molecule has 18 heavy (non-hydrogen) atoms. The van der Waals surface area contributed by atoms with Crippen LogP contribution in [-0.4, -0.2) is 63.9 Å². The van der Waals surface area contributed by atoms with Crippen molar-refractivity contribution in [2.24, 2.45) is 0 Å². The topological polar surface area (TPSA) is 89.9 Å². The molecule has 2 amide bonds. The first kappa shape index (κ1) is 15.1. The van der Waals surface area contributed by atoms with Crippen molar-refractivity contribution in [1.29, 1.82) is 0 Å². The summed E-state index contributed by atoms with van der Waals surface area (Å²) in [6.45, 7) is 1.97. The fraction of sp³-hybridized carbons (Fsp3) is 0.818. The second kappa shape index (κ2) is 6.84. The summed E-state index contributed by atoms with van der Waals surface area (Å²) in [4.78, 5) is 24.1. The van der Waals surface area contributed by atoms with Crippen molar-refractivity contribution < 1.29 is 19.8 Å². The summed E-state index contributed by atoms with van der Waals surface area (Å²) in [5, 5.41) is 21.2. The summed E-state index contributed by atoms with van der Waals surface area (Å²) in [5.41, 5.74) is 0. The zero-order chi connectivity index (χ0) is 13.7. The second-order valence-corrected chi connectivity index (χ2v) is 5.51. The van der Waals surface area contributed by atoms with Gasteiger partial charge in [0.2, 0.25) is 0 Å². The quantitative estimate of drug-likeness (QED) is 0.674. The molecule has 3 N–H and O–H groups in total. The molecule has 104 valence electrons. The van der Waals surface area contributed by atoms with Gasteiger partial charge in [-0.3, -0.25) is 0 Å². The molecule has 1 aliphatic rings. The molecule has 1 aliphatic heterocycles. The monoisotopic (exact) mass is 276 g/mol. The van der Waals surface area contributed by atoms with Crippen LogP contribution in [0.1, 0.15) is 19.8 Å². The van der Waals surface area contributed by atoms with Gasteiger partial charge in [-0.15, -0.1) is 0 Å². The maximum absolute atomic E-state index is 11.9. The number of aliphatic hydroxyl groups is 1. The number of carbonyl (C=O) groups excluding carboxylic acids is 1. The zero-order valence-electron chi connectivity index (χ0n) is 10.6. The molecule has 1 rings (SSSR count). The van der Waals surface area contributed by atoms with E-state index in [0.717, 1.165) is 12.2 Å². The van der Waals surface area contributed by atoms with E-state index in [-0.39, 0.29) is 19.0 Å². The number of hydrogen-bond acceptors (Lipinski definition) is 4. The number of amides is 2. The molecule has 0 aromatic rings. The number of aliphatic carboxylic acids is 1. The summed E-state index contributed by atoms with van der Waals surface area (Å²) >= 11 is 1.70. The fourth-order valence-corrected chi connectivity index (χ4v) is 2.52. The van der Waals surface area contributed by atoms with Crippen LogP contribution >= 0.6 is 11.8 Å². The number of likely N-dealkylation sites (tertiary alicyclic amines) is 1. The van der Waals surface area contributed by atoms with Crippen LogP contribution in [0.2, 0.25) is 0 Å². The van der Waals surface area contributed by atoms with Gasteiger partial charge in [0.1, 0.15) is 6.04 Å². The molecule has 1 saturated heterocycles. The molecule has 0 aliphatic carbocycles. The van der Waals surface area contributed by atoms with Crippen LogP contribution in [0.3, 0.4) is 0 Å². The Morgan fingerprint density at radius 1 is 1.56 bits per heavy atom. The van der Waals surface area contributed by atoms with Gasteiger partial charge in [-0.05, 0) is 25.4 Å². The third-order valence-corrected chi connectivity index (χ3v) is 3.59. The van der Waals surface area contributed by atoms with Crippen molar-refractivity contribution in [3.8, 4) is 0 Å². The Hall–Kier alpha value is -0.950. The van der Waals surface area contributed by atoms with Gasteiger partial charge in [-0.1, -0.05) is 0 Å². The van der Waals surface area contributed by atoms with Crippen LogP contribution in [0.5, 0.6) is 0 Å². The average Bonchev–Trinajstić information content (AvgIpc) is 2.69. The normalized spacial score (nSPS) is 24.9. The molecule has 7 heteroatoms. The predicted octanol–water partition coefficient (Wildman–Crippen LogP) is 0.357. The van der Waals surface area contributed by atoms with E-state index in [0.29, 0.717) is 0 Å². The highest BCUT2D eigenvalue weighted by atomic mass is 32.2. The Morgan fingerprint density at radius 3 is 2.78 bits per heavy atom. The Bertz CT molecular complexity index is 313. The third-order valence-electron chi connectivity index (χ3n) is 2.95. The van der Waals surface area contributed by atoms with Gasteiger partial charge in [0.05, 0.1) is 6.10 Å². The Labute approximate surface area is 111 Å². The van der Waals surface area contributed by atoms with E-state index in [1.165, 1.54) is 4.90 Å². The SMILES string of the molecule is CSCCC(C)NC(=O)N1C[C@H](O)C[C@@H]1C(=O)O. The van der Waals surface area contributed by atoms with Crippen molar-refractivity contribution in [2.75, 3.05) is 18.6 Å². The number of rotatable bonds is 5. The lowest BCUT2D eigenvalue weighted by atomic mass is 10.2. The lowest BCUT2D eigenvalue weighted by Gasteiger charge is -2.24. The molecular formula is C11H20N2O4S. The average molecular weight is 276 g/mol. The lowest BCUT2D eigenvalue weighted by Crippen LogP contribution is -2.48. The largest absolute Gasteiger partial charge is 0.480 e. The Balaban J connectivity index is 2.52.